The van der Waals surface area contributed by atoms with Crippen molar-refractivity contribution in [3.05, 3.63) is 27.9 Å². The standard InChI is InChI=1S/C16H18N2O2S2/c19-16(12-10-22-15(17-12)11-5-8-21-9-11)18-6-7-20-14-4-2-1-3-13(14)18/h5,8-10,13-14H,1-4,6-7H2/t13-,14-/m1/s1. The minimum Gasteiger partial charge on any atom is -0.374 e. The number of thiazole rings is 1. The number of amides is 1. The Morgan fingerprint density at radius 2 is 2.23 bits per heavy atom. The first kappa shape index (κ1) is 14.4. The van der Waals surface area contributed by atoms with Gasteiger partial charge in [-0.15, -0.1) is 11.3 Å². The van der Waals surface area contributed by atoms with Gasteiger partial charge in [0.15, 0.2) is 0 Å². The third-order valence-electron chi connectivity index (χ3n) is 4.48. The van der Waals surface area contributed by atoms with Gasteiger partial charge in [0.25, 0.3) is 5.91 Å². The fraction of sp³-hybridized carbons (Fsp3) is 0.500. The topological polar surface area (TPSA) is 42.4 Å². The van der Waals surface area contributed by atoms with E-state index in [0.29, 0.717) is 18.8 Å². The van der Waals surface area contributed by atoms with Gasteiger partial charge >= 0.3 is 0 Å². The summed E-state index contributed by atoms with van der Waals surface area (Å²) >= 11 is 3.20. The smallest absolute Gasteiger partial charge is 0.273 e. The number of carbonyl (C=O) groups is 1. The second-order valence-electron chi connectivity index (χ2n) is 5.81. The third kappa shape index (κ3) is 2.59. The quantitative estimate of drug-likeness (QED) is 0.842. The molecule has 1 amide bonds. The summed E-state index contributed by atoms with van der Waals surface area (Å²) in [5.41, 5.74) is 1.68. The van der Waals surface area contributed by atoms with E-state index in [-0.39, 0.29) is 18.1 Å². The predicted molar refractivity (Wildman–Crippen MR) is 88.5 cm³/mol. The van der Waals surface area contributed by atoms with E-state index in [1.807, 2.05) is 21.7 Å². The highest BCUT2D eigenvalue weighted by molar-refractivity contribution is 7.14. The lowest BCUT2D eigenvalue weighted by molar-refractivity contribution is -0.0754. The molecular weight excluding hydrogens is 316 g/mol. The molecular formula is C16H18N2O2S2. The fourth-order valence-corrected chi connectivity index (χ4v) is 4.89. The van der Waals surface area contributed by atoms with Crippen molar-refractivity contribution < 1.29 is 9.53 Å². The van der Waals surface area contributed by atoms with E-state index in [4.69, 9.17) is 4.74 Å². The molecule has 0 aromatic carbocycles. The number of ether oxygens (including phenoxy) is 1. The van der Waals surface area contributed by atoms with Crippen LogP contribution in [0.2, 0.25) is 0 Å². The number of aromatic nitrogens is 1. The van der Waals surface area contributed by atoms with Crippen LogP contribution in [-0.2, 0) is 4.74 Å². The summed E-state index contributed by atoms with van der Waals surface area (Å²) in [5, 5.41) is 6.92. The van der Waals surface area contributed by atoms with E-state index in [2.05, 4.69) is 10.4 Å². The molecule has 1 aliphatic carbocycles. The molecule has 116 valence electrons. The number of thiophene rings is 1. The maximum Gasteiger partial charge on any atom is 0.273 e. The SMILES string of the molecule is O=C(c1csc(-c2ccsc2)n1)N1CCO[C@@H]2CCCC[C@H]21. The number of rotatable bonds is 2. The lowest BCUT2D eigenvalue weighted by Gasteiger charge is -2.43. The van der Waals surface area contributed by atoms with Crippen molar-refractivity contribution in [2.24, 2.45) is 0 Å². The van der Waals surface area contributed by atoms with E-state index >= 15 is 0 Å². The molecule has 2 aromatic heterocycles. The van der Waals surface area contributed by atoms with Crippen LogP contribution in [0.25, 0.3) is 10.6 Å². The number of morpholine rings is 1. The molecule has 0 bridgehead atoms. The van der Waals surface area contributed by atoms with E-state index in [0.717, 1.165) is 23.4 Å². The predicted octanol–water partition coefficient (Wildman–Crippen LogP) is 3.66. The Morgan fingerprint density at radius 1 is 1.32 bits per heavy atom. The summed E-state index contributed by atoms with van der Waals surface area (Å²) in [7, 11) is 0. The van der Waals surface area contributed by atoms with Gasteiger partial charge in [-0.1, -0.05) is 12.8 Å². The van der Waals surface area contributed by atoms with Crippen molar-refractivity contribution in [2.45, 2.75) is 37.8 Å². The Kier molecular flexibility index (Phi) is 3.98. The van der Waals surface area contributed by atoms with Crippen molar-refractivity contribution in [1.82, 2.24) is 9.88 Å². The molecule has 2 atom stereocenters. The van der Waals surface area contributed by atoms with Gasteiger partial charge in [-0.2, -0.15) is 11.3 Å². The third-order valence-corrected chi connectivity index (χ3v) is 6.06. The largest absolute Gasteiger partial charge is 0.374 e. The summed E-state index contributed by atoms with van der Waals surface area (Å²) < 4.78 is 5.85. The summed E-state index contributed by atoms with van der Waals surface area (Å²) in [5.74, 6) is 0.0675. The Balaban J connectivity index is 1.56. The molecule has 0 radical (unpaired) electrons. The molecule has 3 heterocycles. The molecule has 1 saturated heterocycles. The van der Waals surface area contributed by atoms with Crippen LogP contribution in [0.1, 0.15) is 36.2 Å². The highest BCUT2D eigenvalue weighted by Crippen LogP contribution is 2.31. The molecule has 2 aromatic rings. The lowest BCUT2D eigenvalue weighted by atomic mass is 9.90. The molecule has 4 rings (SSSR count). The van der Waals surface area contributed by atoms with Gasteiger partial charge in [0.2, 0.25) is 0 Å². The number of hydrogen-bond donors (Lipinski definition) is 0. The van der Waals surface area contributed by atoms with Gasteiger partial charge in [0.05, 0.1) is 18.8 Å². The van der Waals surface area contributed by atoms with E-state index in [1.165, 1.54) is 12.8 Å². The van der Waals surface area contributed by atoms with Crippen molar-refractivity contribution in [3.8, 4) is 10.6 Å². The van der Waals surface area contributed by atoms with Crippen LogP contribution in [0.3, 0.4) is 0 Å². The minimum absolute atomic E-state index is 0.0675. The van der Waals surface area contributed by atoms with Crippen molar-refractivity contribution in [1.29, 1.82) is 0 Å². The molecule has 0 spiro atoms. The van der Waals surface area contributed by atoms with Gasteiger partial charge in [-0.05, 0) is 24.3 Å². The van der Waals surface area contributed by atoms with E-state index in [9.17, 15) is 4.79 Å². The second-order valence-corrected chi connectivity index (χ2v) is 7.45. The maximum absolute atomic E-state index is 12.9. The van der Waals surface area contributed by atoms with Crippen LogP contribution in [0.15, 0.2) is 22.2 Å². The van der Waals surface area contributed by atoms with E-state index < -0.39 is 0 Å². The van der Waals surface area contributed by atoms with Crippen LogP contribution in [0.4, 0.5) is 0 Å². The Bertz CT molecular complexity index is 651. The molecule has 6 heteroatoms. The highest BCUT2D eigenvalue weighted by Gasteiger charge is 2.37. The number of carbonyl (C=O) groups excluding carboxylic acids is 1. The average Bonchev–Trinajstić information content (AvgIpc) is 3.24. The van der Waals surface area contributed by atoms with Crippen LogP contribution >= 0.6 is 22.7 Å². The van der Waals surface area contributed by atoms with Crippen LogP contribution in [0.5, 0.6) is 0 Å². The van der Waals surface area contributed by atoms with Crippen LogP contribution in [-0.4, -0.2) is 41.1 Å². The van der Waals surface area contributed by atoms with Gasteiger partial charge in [-0.25, -0.2) is 4.98 Å². The average molecular weight is 334 g/mol. The van der Waals surface area contributed by atoms with Crippen LogP contribution < -0.4 is 0 Å². The number of hydrogen-bond acceptors (Lipinski definition) is 5. The second kappa shape index (κ2) is 6.10. The summed E-state index contributed by atoms with van der Waals surface area (Å²) in [6.07, 6.45) is 4.75. The van der Waals surface area contributed by atoms with Gasteiger partial charge in [0, 0.05) is 22.9 Å². The lowest BCUT2D eigenvalue weighted by Crippen LogP contribution is -2.54. The Hall–Kier alpha value is -1.24. The van der Waals surface area contributed by atoms with Crippen molar-refractivity contribution in [3.63, 3.8) is 0 Å². The van der Waals surface area contributed by atoms with Gasteiger partial charge in [0.1, 0.15) is 10.7 Å². The van der Waals surface area contributed by atoms with E-state index in [1.54, 1.807) is 22.7 Å². The first-order valence-electron chi connectivity index (χ1n) is 7.73. The molecule has 0 N–H and O–H groups in total. The van der Waals surface area contributed by atoms with Crippen molar-refractivity contribution in [2.75, 3.05) is 13.2 Å². The first-order chi connectivity index (χ1) is 10.8. The molecule has 2 fully saturated rings. The number of nitrogens with zero attached hydrogens (tertiary/aromatic N) is 2. The summed E-state index contributed by atoms with van der Waals surface area (Å²) in [6.45, 7) is 1.33. The normalized spacial score (nSPS) is 25.0. The Morgan fingerprint density at radius 3 is 3.09 bits per heavy atom. The van der Waals surface area contributed by atoms with Gasteiger partial charge in [-0.3, -0.25) is 4.79 Å². The molecule has 2 aliphatic rings. The first-order valence-corrected chi connectivity index (χ1v) is 9.56. The monoisotopic (exact) mass is 334 g/mol. The molecule has 1 aliphatic heterocycles. The molecule has 1 saturated carbocycles. The molecule has 22 heavy (non-hydrogen) atoms. The highest BCUT2D eigenvalue weighted by atomic mass is 32.1. The maximum atomic E-state index is 12.9. The zero-order valence-electron chi connectivity index (χ0n) is 12.2. The summed E-state index contributed by atoms with van der Waals surface area (Å²) in [4.78, 5) is 19.4. The van der Waals surface area contributed by atoms with Crippen LogP contribution in [0, 0.1) is 0 Å². The van der Waals surface area contributed by atoms with Crippen molar-refractivity contribution >= 4 is 28.6 Å². The number of fused-ring (bicyclic) bond motifs is 1. The zero-order chi connectivity index (χ0) is 14.9. The molecule has 0 unspecified atom stereocenters. The van der Waals surface area contributed by atoms with Gasteiger partial charge < -0.3 is 9.64 Å². The minimum atomic E-state index is 0.0675. The Labute approximate surface area is 137 Å². The zero-order valence-corrected chi connectivity index (χ0v) is 13.9. The fourth-order valence-electron chi connectivity index (χ4n) is 3.39. The summed E-state index contributed by atoms with van der Waals surface area (Å²) in [6, 6.07) is 2.28. The molecule has 4 nitrogen and oxygen atoms in total.